The van der Waals surface area contributed by atoms with E-state index in [1.165, 1.54) is 0 Å². The van der Waals surface area contributed by atoms with Crippen molar-refractivity contribution < 1.29 is 5.11 Å². The van der Waals surface area contributed by atoms with Crippen LogP contribution in [0.2, 0.25) is 0 Å². The van der Waals surface area contributed by atoms with Crippen molar-refractivity contribution in [3.8, 4) is 0 Å². The standard InChI is InChI=1S/C10H19O/c1-4-7-8-9-10(11,5-2)6-3/h4,7,11H,1,5-6,8-9H2,2-3H3. The van der Waals surface area contributed by atoms with Crippen LogP contribution in [-0.4, -0.2) is 10.7 Å². The molecule has 0 spiro atoms. The summed E-state index contributed by atoms with van der Waals surface area (Å²) >= 11 is 0. The lowest BCUT2D eigenvalue weighted by molar-refractivity contribution is 0.0246. The molecule has 0 aliphatic carbocycles. The van der Waals surface area contributed by atoms with Crippen molar-refractivity contribution in [1.29, 1.82) is 0 Å². The first-order valence-electron chi connectivity index (χ1n) is 4.35. The van der Waals surface area contributed by atoms with Crippen molar-refractivity contribution in [2.45, 2.75) is 45.1 Å². The molecule has 0 fully saturated rings. The third-order valence-electron chi connectivity index (χ3n) is 2.26. The average Bonchev–Trinajstić information content (AvgIpc) is 2.05. The van der Waals surface area contributed by atoms with Crippen molar-refractivity contribution >= 4 is 0 Å². The average molecular weight is 155 g/mol. The van der Waals surface area contributed by atoms with Crippen LogP contribution >= 0.6 is 0 Å². The molecule has 0 rings (SSSR count). The minimum Gasteiger partial charge on any atom is -0.390 e. The van der Waals surface area contributed by atoms with E-state index in [-0.39, 0.29) is 0 Å². The predicted molar refractivity (Wildman–Crippen MR) is 49.3 cm³/mol. The fourth-order valence-corrected chi connectivity index (χ4v) is 1.07. The van der Waals surface area contributed by atoms with E-state index in [4.69, 9.17) is 0 Å². The Labute approximate surface area is 70.1 Å². The molecule has 1 N–H and O–H groups in total. The summed E-state index contributed by atoms with van der Waals surface area (Å²) in [6.45, 7) is 7.65. The minimum atomic E-state index is -0.445. The molecule has 1 radical (unpaired) electrons. The normalized spacial score (nSPS) is 12.7. The lowest BCUT2D eigenvalue weighted by Gasteiger charge is -2.24. The van der Waals surface area contributed by atoms with Gasteiger partial charge in [-0.3, -0.25) is 0 Å². The molecule has 0 bridgehead atoms. The largest absolute Gasteiger partial charge is 0.390 e. The molecule has 0 unspecified atom stereocenters. The summed E-state index contributed by atoms with van der Waals surface area (Å²) in [7, 11) is 0. The Balaban J connectivity index is 3.68. The van der Waals surface area contributed by atoms with Crippen LogP contribution in [-0.2, 0) is 0 Å². The van der Waals surface area contributed by atoms with Crippen LogP contribution in [0.5, 0.6) is 0 Å². The van der Waals surface area contributed by atoms with Gasteiger partial charge in [-0.2, -0.15) is 0 Å². The minimum absolute atomic E-state index is 0.445. The third kappa shape index (κ3) is 4.20. The fraction of sp³-hybridized carbons (Fsp3) is 0.700. The number of hydrogen-bond donors (Lipinski definition) is 1. The molecule has 0 heterocycles. The van der Waals surface area contributed by atoms with E-state index in [1.807, 2.05) is 19.9 Å². The first-order valence-corrected chi connectivity index (χ1v) is 4.35. The van der Waals surface area contributed by atoms with Gasteiger partial charge in [-0.15, -0.1) is 0 Å². The van der Waals surface area contributed by atoms with Crippen LogP contribution < -0.4 is 0 Å². The van der Waals surface area contributed by atoms with Gasteiger partial charge < -0.3 is 5.11 Å². The molecule has 65 valence electrons. The van der Waals surface area contributed by atoms with Crippen LogP contribution in [0.15, 0.2) is 12.2 Å². The second-order valence-corrected chi connectivity index (χ2v) is 2.94. The number of allylic oxidation sites excluding steroid dienone is 2. The summed E-state index contributed by atoms with van der Waals surface area (Å²) in [6, 6.07) is 0. The Morgan fingerprint density at radius 1 is 1.36 bits per heavy atom. The fourth-order valence-electron chi connectivity index (χ4n) is 1.07. The molecule has 0 amide bonds. The second kappa shape index (κ2) is 5.36. The lowest BCUT2D eigenvalue weighted by atomic mass is 9.92. The maximum atomic E-state index is 9.80. The zero-order chi connectivity index (χ0) is 8.74. The van der Waals surface area contributed by atoms with E-state index in [9.17, 15) is 5.11 Å². The van der Waals surface area contributed by atoms with Crippen LogP contribution in [0, 0.1) is 6.92 Å². The van der Waals surface area contributed by atoms with E-state index in [0.717, 1.165) is 25.7 Å². The van der Waals surface area contributed by atoms with E-state index in [1.54, 1.807) is 6.08 Å². The molecule has 0 aromatic rings. The molecular formula is C10H19O. The highest BCUT2D eigenvalue weighted by molar-refractivity contribution is 4.87. The Morgan fingerprint density at radius 2 is 1.91 bits per heavy atom. The van der Waals surface area contributed by atoms with E-state index in [2.05, 4.69) is 6.92 Å². The molecule has 0 aromatic carbocycles. The molecule has 1 heteroatoms. The van der Waals surface area contributed by atoms with Gasteiger partial charge in [0.05, 0.1) is 5.60 Å². The maximum Gasteiger partial charge on any atom is 0.0645 e. The van der Waals surface area contributed by atoms with E-state index in [0.29, 0.717) is 0 Å². The zero-order valence-electron chi connectivity index (χ0n) is 7.64. The Morgan fingerprint density at radius 3 is 2.27 bits per heavy atom. The number of hydrogen-bond acceptors (Lipinski definition) is 1. The highest BCUT2D eigenvalue weighted by Gasteiger charge is 2.20. The van der Waals surface area contributed by atoms with Gasteiger partial charge in [0.2, 0.25) is 0 Å². The second-order valence-electron chi connectivity index (χ2n) is 2.94. The summed E-state index contributed by atoms with van der Waals surface area (Å²) in [5.41, 5.74) is -0.445. The quantitative estimate of drug-likeness (QED) is 0.647. The Hall–Kier alpha value is -0.300. The van der Waals surface area contributed by atoms with Gasteiger partial charge in [0.1, 0.15) is 0 Å². The summed E-state index contributed by atoms with van der Waals surface area (Å²) < 4.78 is 0. The third-order valence-corrected chi connectivity index (χ3v) is 2.26. The van der Waals surface area contributed by atoms with Gasteiger partial charge in [0, 0.05) is 0 Å². The highest BCUT2D eigenvalue weighted by Crippen LogP contribution is 2.20. The van der Waals surface area contributed by atoms with Crippen LogP contribution in [0.1, 0.15) is 39.5 Å². The van der Waals surface area contributed by atoms with Crippen LogP contribution in [0.3, 0.4) is 0 Å². The van der Waals surface area contributed by atoms with Crippen LogP contribution in [0.4, 0.5) is 0 Å². The van der Waals surface area contributed by atoms with Gasteiger partial charge in [0.25, 0.3) is 0 Å². The lowest BCUT2D eigenvalue weighted by Crippen LogP contribution is -2.25. The first-order chi connectivity index (χ1) is 5.18. The van der Waals surface area contributed by atoms with Gasteiger partial charge in [-0.1, -0.05) is 26.0 Å². The summed E-state index contributed by atoms with van der Waals surface area (Å²) in [5.74, 6) is 0. The van der Waals surface area contributed by atoms with Crippen molar-refractivity contribution in [3.63, 3.8) is 0 Å². The first kappa shape index (κ1) is 10.7. The molecule has 11 heavy (non-hydrogen) atoms. The topological polar surface area (TPSA) is 20.2 Å². The molecule has 0 aliphatic rings. The van der Waals surface area contributed by atoms with Gasteiger partial charge in [-0.05, 0) is 32.6 Å². The molecule has 0 saturated heterocycles. The van der Waals surface area contributed by atoms with Crippen molar-refractivity contribution in [1.82, 2.24) is 0 Å². The predicted octanol–water partition coefficient (Wildman–Crippen LogP) is 2.71. The smallest absolute Gasteiger partial charge is 0.0645 e. The monoisotopic (exact) mass is 155 g/mol. The van der Waals surface area contributed by atoms with Crippen LogP contribution in [0.25, 0.3) is 0 Å². The Bertz CT molecular complexity index is 112. The number of aliphatic hydroxyl groups is 1. The summed E-state index contributed by atoms with van der Waals surface area (Å²) in [5, 5.41) is 9.80. The van der Waals surface area contributed by atoms with Crippen molar-refractivity contribution in [2.24, 2.45) is 0 Å². The molecule has 0 aromatic heterocycles. The SMILES string of the molecule is [CH2]C=CCCC(O)(CC)CC. The van der Waals surface area contributed by atoms with Gasteiger partial charge in [0.15, 0.2) is 0 Å². The van der Waals surface area contributed by atoms with E-state index >= 15 is 0 Å². The zero-order valence-corrected chi connectivity index (χ0v) is 7.64. The van der Waals surface area contributed by atoms with Crippen molar-refractivity contribution in [2.75, 3.05) is 0 Å². The van der Waals surface area contributed by atoms with Crippen molar-refractivity contribution in [3.05, 3.63) is 19.1 Å². The van der Waals surface area contributed by atoms with Gasteiger partial charge in [-0.25, -0.2) is 0 Å². The highest BCUT2D eigenvalue weighted by atomic mass is 16.3. The molecule has 1 nitrogen and oxygen atoms in total. The molecule has 0 saturated carbocycles. The van der Waals surface area contributed by atoms with E-state index < -0.39 is 5.60 Å². The Kier molecular flexibility index (Phi) is 5.22. The molecular weight excluding hydrogens is 136 g/mol. The van der Waals surface area contributed by atoms with Gasteiger partial charge >= 0.3 is 0 Å². The summed E-state index contributed by atoms with van der Waals surface area (Å²) in [4.78, 5) is 0. The summed E-state index contributed by atoms with van der Waals surface area (Å²) in [6.07, 6.45) is 7.25. The maximum absolute atomic E-state index is 9.80. The molecule has 0 aliphatic heterocycles. The number of rotatable bonds is 5. The molecule has 0 atom stereocenters.